The Kier molecular flexibility index (Phi) is 7.07. The number of aliphatic hydroxyl groups is 1. The lowest BCUT2D eigenvalue weighted by Crippen LogP contribution is -2.30. The highest BCUT2D eigenvalue weighted by molar-refractivity contribution is 7.78. The van der Waals surface area contributed by atoms with Crippen molar-refractivity contribution in [2.24, 2.45) is 0 Å². The van der Waals surface area contributed by atoms with Gasteiger partial charge in [0.15, 0.2) is 0 Å². The van der Waals surface area contributed by atoms with Crippen LogP contribution in [0.15, 0.2) is 48.8 Å². The van der Waals surface area contributed by atoms with Crippen LogP contribution in [0.4, 0.5) is 0 Å². The molecule has 0 aliphatic rings. The number of rotatable bonds is 7. The van der Waals surface area contributed by atoms with Crippen LogP contribution in [-0.4, -0.2) is 22.2 Å². The van der Waals surface area contributed by atoms with Crippen molar-refractivity contribution in [2.75, 3.05) is 0 Å². The fraction of sp³-hybridized carbons (Fsp3) is 0.182. The Balaban J connectivity index is 4.68. The molecule has 0 aromatic heterocycles. The van der Waals surface area contributed by atoms with E-state index in [0.717, 1.165) is 0 Å². The van der Waals surface area contributed by atoms with Crippen LogP contribution in [-0.2, 0) is 4.79 Å². The Labute approximate surface area is 100 Å². The first-order chi connectivity index (χ1) is 7.54. The molecule has 0 bridgehead atoms. The van der Waals surface area contributed by atoms with Gasteiger partial charge in [-0.25, -0.2) is 0 Å². The van der Waals surface area contributed by atoms with Crippen molar-refractivity contribution in [3.63, 3.8) is 0 Å². The summed E-state index contributed by atoms with van der Waals surface area (Å²) in [4.78, 5) is 10.7. The minimum Gasteiger partial charge on any atom is -0.508 e. The number of nitrogens with one attached hydrogen (secondary N) is 1. The van der Waals surface area contributed by atoms with Gasteiger partial charge < -0.3 is 10.2 Å². The van der Waals surface area contributed by atoms with E-state index in [1.807, 2.05) is 0 Å². The number of aliphatic hydroxyl groups excluding tert-OH is 1. The van der Waals surface area contributed by atoms with E-state index in [1.165, 1.54) is 18.2 Å². The summed E-state index contributed by atoms with van der Waals surface area (Å²) in [6, 6.07) is -0.799. The van der Waals surface area contributed by atoms with Crippen molar-refractivity contribution in [1.82, 2.24) is 4.72 Å². The predicted molar refractivity (Wildman–Crippen MR) is 67.4 cm³/mol. The third-order valence-corrected chi connectivity index (χ3v) is 2.14. The van der Waals surface area contributed by atoms with Crippen molar-refractivity contribution in [3.8, 4) is 0 Å². The van der Waals surface area contributed by atoms with Crippen molar-refractivity contribution < 1.29 is 15.0 Å². The largest absolute Gasteiger partial charge is 0.508 e. The summed E-state index contributed by atoms with van der Waals surface area (Å²) in [5, 5.41) is 17.9. The van der Waals surface area contributed by atoms with Gasteiger partial charge in [-0.3, -0.25) is 9.52 Å². The van der Waals surface area contributed by atoms with Gasteiger partial charge in [0.1, 0.15) is 11.8 Å². The maximum atomic E-state index is 10.7. The number of hydrogen-bond acceptors (Lipinski definition) is 4. The van der Waals surface area contributed by atoms with Crippen LogP contribution in [0.3, 0.4) is 0 Å². The van der Waals surface area contributed by atoms with Crippen LogP contribution in [0.2, 0.25) is 0 Å². The minimum atomic E-state index is -1.00. The highest BCUT2D eigenvalue weighted by Gasteiger charge is 2.15. The van der Waals surface area contributed by atoms with Gasteiger partial charge in [0.25, 0.3) is 0 Å². The molecule has 0 saturated carbocycles. The molecule has 0 radical (unpaired) electrons. The SMILES string of the molecule is C=C/C(=C\C=C(\O)C=C)CC(NS)C(=O)O. The van der Waals surface area contributed by atoms with Gasteiger partial charge in [0.2, 0.25) is 0 Å². The van der Waals surface area contributed by atoms with Gasteiger partial charge in [0, 0.05) is 0 Å². The van der Waals surface area contributed by atoms with E-state index >= 15 is 0 Å². The third kappa shape index (κ3) is 5.43. The van der Waals surface area contributed by atoms with Crippen LogP contribution in [0.25, 0.3) is 0 Å². The van der Waals surface area contributed by atoms with E-state index in [9.17, 15) is 4.79 Å². The molecule has 3 N–H and O–H groups in total. The molecule has 0 rings (SSSR count). The number of allylic oxidation sites excluding steroid dienone is 4. The third-order valence-electron chi connectivity index (χ3n) is 1.83. The second-order valence-electron chi connectivity index (χ2n) is 2.97. The van der Waals surface area contributed by atoms with E-state index in [0.29, 0.717) is 5.57 Å². The highest BCUT2D eigenvalue weighted by atomic mass is 32.1. The van der Waals surface area contributed by atoms with Crippen molar-refractivity contribution in [3.05, 3.63) is 48.8 Å². The number of aliphatic carboxylic acids is 1. The quantitative estimate of drug-likeness (QED) is 0.312. The smallest absolute Gasteiger partial charge is 0.321 e. The van der Waals surface area contributed by atoms with Crippen LogP contribution in [0.1, 0.15) is 6.42 Å². The van der Waals surface area contributed by atoms with E-state index in [4.69, 9.17) is 10.2 Å². The van der Waals surface area contributed by atoms with E-state index in [-0.39, 0.29) is 12.2 Å². The molecule has 0 aliphatic carbocycles. The average molecular weight is 241 g/mol. The summed E-state index contributed by atoms with van der Waals surface area (Å²) >= 11 is 3.72. The monoisotopic (exact) mass is 241 g/mol. The van der Waals surface area contributed by atoms with Crippen LogP contribution in [0, 0.1) is 0 Å². The second kappa shape index (κ2) is 7.78. The lowest BCUT2D eigenvalue weighted by atomic mass is 10.1. The number of carbonyl (C=O) groups is 1. The normalized spacial score (nSPS) is 14.3. The summed E-state index contributed by atoms with van der Waals surface area (Å²) in [6.07, 6.45) is 6.02. The topological polar surface area (TPSA) is 69.6 Å². The predicted octanol–water partition coefficient (Wildman–Crippen LogP) is 2.00. The molecular weight excluding hydrogens is 226 g/mol. The molecule has 16 heavy (non-hydrogen) atoms. The van der Waals surface area contributed by atoms with E-state index in [2.05, 4.69) is 30.7 Å². The van der Waals surface area contributed by atoms with Crippen molar-refractivity contribution >= 4 is 18.8 Å². The molecule has 0 fully saturated rings. The van der Waals surface area contributed by atoms with Gasteiger partial charge in [0.05, 0.1) is 0 Å². The van der Waals surface area contributed by atoms with Gasteiger partial charge in [-0.2, -0.15) is 0 Å². The molecule has 0 aromatic carbocycles. The zero-order valence-corrected chi connectivity index (χ0v) is 9.65. The summed E-state index contributed by atoms with van der Waals surface area (Å²) in [5.41, 5.74) is 0.669. The van der Waals surface area contributed by atoms with Crippen LogP contribution in [0.5, 0.6) is 0 Å². The lowest BCUT2D eigenvalue weighted by Gasteiger charge is -2.10. The highest BCUT2D eigenvalue weighted by Crippen LogP contribution is 2.09. The first kappa shape index (κ1) is 14.5. The van der Waals surface area contributed by atoms with Gasteiger partial charge in [-0.05, 0) is 24.1 Å². The molecule has 1 atom stereocenters. The maximum absolute atomic E-state index is 10.7. The lowest BCUT2D eigenvalue weighted by molar-refractivity contribution is -0.138. The Morgan fingerprint density at radius 1 is 1.31 bits per heavy atom. The maximum Gasteiger partial charge on any atom is 0.321 e. The number of carboxylic acids is 1. The summed E-state index contributed by atoms with van der Waals surface area (Å²) in [5.74, 6) is -0.996. The number of thiol groups is 1. The van der Waals surface area contributed by atoms with E-state index in [1.54, 1.807) is 6.08 Å². The Bertz CT molecular complexity index is 334. The molecule has 5 heteroatoms. The summed E-state index contributed by atoms with van der Waals surface area (Å²) in [6.45, 7) is 6.94. The molecule has 0 amide bonds. The molecule has 0 aromatic rings. The average Bonchev–Trinajstić information content (AvgIpc) is 2.28. The summed E-state index contributed by atoms with van der Waals surface area (Å²) < 4.78 is 2.37. The minimum absolute atomic E-state index is 0.00468. The number of hydrogen-bond donors (Lipinski definition) is 4. The second-order valence-corrected chi connectivity index (χ2v) is 3.22. The molecule has 0 spiro atoms. The van der Waals surface area contributed by atoms with E-state index < -0.39 is 12.0 Å². The zero-order valence-electron chi connectivity index (χ0n) is 8.76. The Morgan fingerprint density at radius 2 is 1.94 bits per heavy atom. The van der Waals surface area contributed by atoms with Crippen molar-refractivity contribution in [1.29, 1.82) is 0 Å². The first-order valence-electron chi connectivity index (χ1n) is 4.52. The molecular formula is C11H15NO3S. The Hall–Kier alpha value is -1.46. The summed E-state index contributed by atoms with van der Waals surface area (Å²) in [7, 11) is 0. The van der Waals surface area contributed by atoms with Crippen LogP contribution >= 0.6 is 12.8 Å². The van der Waals surface area contributed by atoms with Crippen molar-refractivity contribution in [2.45, 2.75) is 12.5 Å². The molecule has 4 nitrogen and oxygen atoms in total. The molecule has 0 heterocycles. The molecule has 1 unspecified atom stereocenters. The molecule has 0 saturated heterocycles. The first-order valence-corrected chi connectivity index (χ1v) is 4.97. The van der Waals surface area contributed by atoms with Gasteiger partial charge in [-0.15, -0.1) is 0 Å². The number of carboxylic acid groups (broad SMARTS) is 1. The molecule has 88 valence electrons. The standard InChI is InChI=1S/C11H15NO3S/c1-3-8(5-6-9(13)4-2)7-10(12-16)11(14)15/h3-6,10,12-13,16H,1-2,7H2,(H,14,15)/b8-5+,9-6+. The zero-order chi connectivity index (χ0) is 12.6. The molecule has 0 aliphatic heterocycles. The van der Waals surface area contributed by atoms with Crippen LogP contribution < -0.4 is 4.72 Å². The van der Waals surface area contributed by atoms with Gasteiger partial charge in [-0.1, -0.05) is 38.1 Å². The fourth-order valence-electron chi connectivity index (χ4n) is 0.904. The fourth-order valence-corrected chi connectivity index (χ4v) is 1.11. The van der Waals surface area contributed by atoms with Gasteiger partial charge >= 0.3 is 5.97 Å². The Morgan fingerprint density at radius 3 is 2.31 bits per heavy atom.